The Morgan fingerprint density at radius 1 is 1.06 bits per heavy atom. The van der Waals surface area contributed by atoms with E-state index in [2.05, 4.69) is 50.2 Å². The molecule has 1 aliphatic rings. The highest BCUT2D eigenvalue weighted by Gasteiger charge is 2.35. The van der Waals surface area contributed by atoms with Gasteiger partial charge in [-0.15, -0.1) is 11.8 Å². The normalized spacial score (nSPS) is 14.9. The average molecular weight is 533 g/mol. The maximum Gasteiger partial charge on any atom is 0.188 e. The Bertz CT molecular complexity index is 1290. The first-order valence-electron chi connectivity index (χ1n) is 11.4. The zero-order valence-corrected chi connectivity index (χ0v) is 21.3. The number of hydrogen-bond donors (Lipinski definition) is 1. The molecular weight excluding hydrogens is 508 g/mol. The van der Waals surface area contributed by atoms with E-state index in [0.717, 1.165) is 56.9 Å². The van der Waals surface area contributed by atoms with Crippen molar-refractivity contribution in [2.24, 2.45) is 0 Å². The first-order chi connectivity index (χ1) is 16.5. The minimum absolute atomic E-state index is 0.222. The number of Topliss-reactive ketones (excluding diaryl/α,β-unsaturated/α-hetero) is 1. The average Bonchev–Trinajstić information content (AvgIpc) is 3.41. The molecule has 1 aliphatic carbocycles. The van der Waals surface area contributed by atoms with E-state index in [1.54, 1.807) is 18.0 Å². The molecule has 0 radical (unpaired) electrons. The third-order valence-electron chi connectivity index (χ3n) is 6.30. The van der Waals surface area contributed by atoms with Gasteiger partial charge in [-0.1, -0.05) is 46.3 Å². The molecule has 3 aromatic carbocycles. The molecule has 1 atom stereocenters. The lowest BCUT2D eigenvalue weighted by atomic mass is 9.87. The summed E-state index contributed by atoms with van der Waals surface area (Å²) in [6.45, 7) is 2.04. The number of ketones is 1. The van der Waals surface area contributed by atoms with E-state index in [1.165, 1.54) is 4.90 Å². The molecule has 1 aromatic heterocycles. The summed E-state index contributed by atoms with van der Waals surface area (Å²) in [7, 11) is 0. The molecule has 172 valence electrons. The zero-order chi connectivity index (χ0) is 23.5. The van der Waals surface area contributed by atoms with E-state index in [0.29, 0.717) is 6.42 Å². The second-order valence-corrected chi connectivity index (χ2v) is 10.5. The smallest absolute Gasteiger partial charge is 0.188 e. The topological polar surface area (TPSA) is 55.0 Å². The molecule has 0 unspecified atom stereocenters. The predicted molar refractivity (Wildman–Crippen MR) is 140 cm³/mol. The molecule has 5 rings (SSSR count). The van der Waals surface area contributed by atoms with E-state index in [-0.39, 0.29) is 5.78 Å². The summed E-state index contributed by atoms with van der Waals surface area (Å²) in [5.74, 6) is 2.47. The van der Waals surface area contributed by atoms with Gasteiger partial charge in [0, 0.05) is 50.6 Å². The van der Waals surface area contributed by atoms with Crippen LogP contribution in [0.4, 0.5) is 0 Å². The van der Waals surface area contributed by atoms with Crippen LogP contribution in [0.1, 0.15) is 52.6 Å². The third-order valence-corrected chi connectivity index (χ3v) is 7.87. The maximum absolute atomic E-state index is 12.7. The molecule has 6 heteroatoms. The summed E-state index contributed by atoms with van der Waals surface area (Å²) < 4.78 is 7.90. The lowest BCUT2D eigenvalue weighted by Gasteiger charge is -2.32. The van der Waals surface area contributed by atoms with Crippen LogP contribution in [0.5, 0.6) is 5.75 Å². The Labute approximate surface area is 212 Å². The van der Waals surface area contributed by atoms with Gasteiger partial charge in [0.1, 0.15) is 5.75 Å². The van der Waals surface area contributed by atoms with Crippen LogP contribution in [-0.4, -0.2) is 15.8 Å². The Hall–Kier alpha value is -2.83. The van der Waals surface area contributed by atoms with Gasteiger partial charge in [-0.05, 0) is 61.7 Å². The van der Waals surface area contributed by atoms with Crippen LogP contribution in [0, 0.1) is 0 Å². The number of carbonyl (C=O) groups is 1. The molecule has 4 aromatic rings. The van der Waals surface area contributed by atoms with E-state index >= 15 is 0 Å². The number of benzene rings is 3. The monoisotopic (exact) mass is 532 g/mol. The summed E-state index contributed by atoms with van der Waals surface area (Å²) >= 11 is 5.26. The lowest BCUT2D eigenvalue weighted by Crippen LogP contribution is -2.33. The number of nitrogens with zero attached hydrogens (tertiary/aromatic N) is 1. The van der Waals surface area contributed by atoms with Gasteiger partial charge in [0.2, 0.25) is 0 Å². The van der Waals surface area contributed by atoms with E-state index in [4.69, 9.17) is 4.74 Å². The molecule has 0 spiro atoms. The van der Waals surface area contributed by atoms with Crippen molar-refractivity contribution in [3.63, 3.8) is 0 Å². The number of imidazole rings is 1. The van der Waals surface area contributed by atoms with Crippen LogP contribution in [-0.2, 0) is 17.8 Å². The van der Waals surface area contributed by atoms with Gasteiger partial charge in [0.05, 0.1) is 0 Å². The van der Waals surface area contributed by atoms with Crippen molar-refractivity contribution in [1.82, 2.24) is 9.97 Å². The van der Waals surface area contributed by atoms with Gasteiger partial charge in [0.25, 0.3) is 0 Å². The van der Waals surface area contributed by atoms with Crippen molar-refractivity contribution < 1.29 is 9.53 Å². The first kappa shape index (κ1) is 22.9. The molecule has 0 fully saturated rings. The first-order valence-corrected chi connectivity index (χ1v) is 13.1. The maximum atomic E-state index is 12.7. The molecule has 0 aliphatic heterocycles. The number of rotatable bonds is 7. The largest absolute Gasteiger partial charge is 0.475 e. The SMILES string of the molecule is C[C@](Oc1ccc2c(c1CSc1ccc(Br)cc1)CCCC2=O)(c1ccccc1)c1ncc[nH]1. The number of thioether (sulfide) groups is 1. The highest BCUT2D eigenvalue weighted by Crippen LogP contribution is 2.40. The van der Waals surface area contributed by atoms with Crippen LogP contribution in [0.2, 0.25) is 0 Å². The molecule has 0 amide bonds. The number of fused-ring (bicyclic) bond motifs is 1. The highest BCUT2D eigenvalue weighted by atomic mass is 79.9. The number of hydrogen-bond acceptors (Lipinski definition) is 4. The summed E-state index contributed by atoms with van der Waals surface area (Å²) in [6.07, 6.45) is 5.93. The summed E-state index contributed by atoms with van der Waals surface area (Å²) in [6, 6.07) is 22.3. The molecule has 1 heterocycles. The second-order valence-electron chi connectivity index (χ2n) is 8.53. The lowest BCUT2D eigenvalue weighted by molar-refractivity contribution is 0.0971. The number of carbonyl (C=O) groups excluding carboxylic acids is 1. The fourth-order valence-corrected chi connectivity index (χ4v) is 5.69. The van der Waals surface area contributed by atoms with Crippen LogP contribution < -0.4 is 4.74 Å². The van der Waals surface area contributed by atoms with Crippen molar-refractivity contribution in [1.29, 1.82) is 0 Å². The number of halogens is 1. The molecule has 4 nitrogen and oxygen atoms in total. The molecule has 34 heavy (non-hydrogen) atoms. The summed E-state index contributed by atoms with van der Waals surface area (Å²) in [5, 5.41) is 0. The van der Waals surface area contributed by atoms with Crippen LogP contribution in [0.25, 0.3) is 0 Å². The van der Waals surface area contributed by atoms with E-state index in [1.807, 2.05) is 55.6 Å². The standard InChI is InChI=1S/C28H25BrN2O2S/c1-28(27-30-16-17-31-27,19-6-3-2-4-7-19)33-26-15-14-23-22(8-5-9-25(23)32)24(26)18-34-21-12-10-20(29)11-13-21/h2-4,6-7,10-17H,5,8-9,18H2,1H3,(H,30,31)/t28-/m0/s1. The van der Waals surface area contributed by atoms with Crippen molar-refractivity contribution in [3.05, 3.63) is 112 Å². The fourth-order valence-electron chi connectivity index (χ4n) is 4.47. The van der Waals surface area contributed by atoms with Gasteiger partial charge in [-0.25, -0.2) is 4.98 Å². The van der Waals surface area contributed by atoms with Crippen molar-refractivity contribution in [2.45, 2.75) is 42.4 Å². The van der Waals surface area contributed by atoms with Crippen molar-refractivity contribution in [3.8, 4) is 5.75 Å². The zero-order valence-electron chi connectivity index (χ0n) is 18.9. The minimum atomic E-state index is -0.811. The second kappa shape index (κ2) is 9.80. The Kier molecular flexibility index (Phi) is 6.61. The molecule has 0 saturated carbocycles. The number of H-pyrrole nitrogens is 1. The van der Waals surface area contributed by atoms with Gasteiger partial charge in [-0.3, -0.25) is 4.79 Å². The van der Waals surface area contributed by atoms with Crippen LogP contribution in [0.15, 0.2) is 88.5 Å². The van der Waals surface area contributed by atoms with Crippen molar-refractivity contribution >= 4 is 33.5 Å². The summed E-state index contributed by atoms with van der Waals surface area (Å²) in [4.78, 5) is 21.7. The van der Waals surface area contributed by atoms with Gasteiger partial charge in [0.15, 0.2) is 17.2 Å². The Morgan fingerprint density at radius 3 is 2.59 bits per heavy atom. The number of ether oxygens (including phenoxy) is 1. The Balaban J connectivity index is 1.57. The highest BCUT2D eigenvalue weighted by molar-refractivity contribution is 9.10. The fraction of sp³-hybridized carbons (Fsp3) is 0.214. The summed E-state index contributed by atoms with van der Waals surface area (Å²) in [5.41, 5.74) is 3.24. The minimum Gasteiger partial charge on any atom is -0.475 e. The molecular formula is C28H25BrN2O2S. The molecule has 0 bridgehead atoms. The van der Waals surface area contributed by atoms with Gasteiger partial charge < -0.3 is 9.72 Å². The van der Waals surface area contributed by atoms with Gasteiger partial charge in [-0.2, -0.15) is 0 Å². The quantitative estimate of drug-likeness (QED) is 0.253. The predicted octanol–water partition coefficient (Wildman–Crippen LogP) is 7.33. The van der Waals surface area contributed by atoms with Crippen LogP contribution in [0.3, 0.4) is 0 Å². The van der Waals surface area contributed by atoms with Gasteiger partial charge >= 0.3 is 0 Å². The van der Waals surface area contributed by atoms with E-state index < -0.39 is 5.60 Å². The van der Waals surface area contributed by atoms with Crippen LogP contribution >= 0.6 is 27.7 Å². The van der Waals surface area contributed by atoms with E-state index in [9.17, 15) is 4.79 Å². The molecule has 0 saturated heterocycles. The number of aromatic amines is 1. The molecule has 1 N–H and O–H groups in total. The van der Waals surface area contributed by atoms with Crippen molar-refractivity contribution in [2.75, 3.05) is 0 Å². The number of nitrogens with one attached hydrogen (secondary N) is 1. The Morgan fingerprint density at radius 2 is 1.85 bits per heavy atom. The number of aromatic nitrogens is 2. The third kappa shape index (κ3) is 4.57.